The first-order valence-electron chi connectivity index (χ1n) is 16.8. The van der Waals surface area contributed by atoms with E-state index in [-0.39, 0.29) is 44.6 Å². The number of rotatable bonds is 3. The van der Waals surface area contributed by atoms with Gasteiger partial charge in [-0.05, 0) is 104 Å². The van der Waals surface area contributed by atoms with E-state index in [0.29, 0.717) is 11.8 Å². The molecule has 42 heavy (non-hydrogen) atoms. The van der Waals surface area contributed by atoms with Crippen LogP contribution in [0.1, 0.15) is 154 Å². The summed E-state index contributed by atoms with van der Waals surface area (Å²) >= 11 is 0. The Bertz CT molecular complexity index is 844. The van der Waals surface area contributed by atoms with Crippen LogP contribution in [-0.4, -0.2) is 32.6 Å². The summed E-state index contributed by atoms with van der Waals surface area (Å²) in [4.78, 5) is 0. The van der Waals surface area contributed by atoms with Gasteiger partial charge >= 0.3 is 0 Å². The van der Waals surface area contributed by atoms with Gasteiger partial charge in [0.15, 0.2) is 0 Å². The van der Waals surface area contributed by atoms with Gasteiger partial charge in [0.25, 0.3) is 0 Å². The monoisotopic (exact) mass is 596 g/mol. The van der Waals surface area contributed by atoms with Gasteiger partial charge in [-0.15, -0.1) is 12.8 Å². The van der Waals surface area contributed by atoms with Crippen LogP contribution in [0.4, 0.5) is 0 Å². The van der Waals surface area contributed by atoms with Gasteiger partial charge < -0.3 is 20.9 Å². The predicted octanol–water partition coefficient (Wildman–Crippen LogP) is 8.73. The van der Waals surface area contributed by atoms with Crippen molar-refractivity contribution in [3.05, 3.63) is 11.6 Å². The van der Waals surface area contributed by atoms with E-state index < -0.39 is 5.60 Å². The molecule has 0 aliphatic heterocycles. The number of hydrogen-bond donors (Lipinski definition) is 4. The fraction of sp³-hybridized carbons (Fsp3) is 0.892. The number of allylic oxidation sites excluding steroid dienone is 1. The van der Waals surface area contributed by atoms with Crippen molar-refractivity contribution >= 4 is 0 Å². The molecule has 7 N–H and O–H groups in total. The molecular weight excluding hydrogens is 522 g/mol. The van der Waals surface area contributed by atoms with E-state index in [1.54, 1.807) is 5.57 Å². The van der Waals surface area contributed by atoms with Crippen LogP contribution in [0.5, 0.6) is 0 Å². The average molecular weight is 596 g/mol. The Morgan fingerprint density at radius 2 is 1.40 bits per heavy atom. The highest BCUT2D eigenvalue weighted by atomic mass is 16.4. The number of aliphatic hydroxyl groups is 2. The summed E-state index contributed by atoms with van der Waals surface area (Å²) in [5, 5.41) is 29.0. The highest BCUT2D eigenvalue weighted by Gasteiger charge is 2.67. The van der Waals surface area contributed by atoms with E-state index in [9.17, 15) is 10.2 Å². The Balaban J connectivity index is 0. The third-order valence-corrected chi connectivity index (χ3v) is 12.5. The molecule has 0 saturated heterocycles. The van der Waals surface area contributed by atoms with Gasteiger partial charge in [-0.25, -0.2) is 5.90 Å². The van der Waals surface area contributed by atoms with Crippen molar-refractivity contribution in [2.75, 3.05) is 0 Å². The Morgan fingerprint density at radius 1 is 0.881 bits per heavy atom. The smallest absolute Gasteiger partial charge is 0.0662 e. The Kier molecular flexibility index (Phi) is 16.9. The van der Waals surface area contributed by atoms with Crippen LogP contribution >= 0.6 is 0 Å². The molecule has 4 aliphatic rings. The summed E-state index contributed by atoms with van der Waals surface area (Å²) in [5.41, 5.74) is 1.73. The average Bonchev–Trinajstić information content (AvgIpc) is 3.05. The minimum Gasteiger partial charge on any atom is -0.412 e. The standard InChI is InChI=1S/C31H54O2.2C2H6.C2H2.H3NO.H2O/c1-10-16-28(6)17-11-18-30(8)21(25(28)27(4,5)33)12-13-23-29(7)19-15-24(32)26(2,3)22(29)14-20-31(23,30)9;4*1-2;/h12,22-25,32-33H,10-11,13-20H2,1-9H3;2*1-2H3;1-2H;2H,1H2;1H2/t22?,23?,24-,25?,28+,29-,30+,31+;;;;;/m0...../s1. The Morgan fingerprint density at radius 3 is 1.88 bits per heavy atom. The van der Waals surface area contributed by atoms with Crippen LogP contribution in [0, 0.1) is 57.7 Å². The van der Waals surface area contributed by atoms with Crippen LogP contribution in [-0.2, 0) is 0 Å². The van der Waals surface area contributed by atoms with Crippen LogP contribution in [0.25, 0.3) is 0 Å². The SMILES string of the molecule is C#C.CC.CC.CCC[C@]1(C)CCC[C@]2(C)C(=CCC3[C@@]4(C)CC[C@H](O)C(C)(C)C4CC[C@]32C)C1C(C)(C)O.NO.O. The van der Waals surface area contributed by atoms with Crippen molar-refractivity contribution in [3.8, 4) is 12.8 Å². The predicted molar refractivity (Wildman–Crippen MR) is 181 cm³/mol. The van der Waals surface area contributed by atoms with Crippen molar-refractivity contribution in [2.24, 2.45) is 50.7 Å². The van der Waals surface area contributed by atoms with Crippen molar-refractivity contribution in [3.63, 3.8) is 0 Å². The van der Waals surface area contributed by atoms with Gasteiger partial charge in [0.2, 0.25) is 0 Å². The molecule has 5 nitrogen and oxygen atoms in total. The lowest BCUT2D eigenvalue weighted by Crippen LogP contribution is -2.63. The van der Waals surface area contributed by atoms with Crippen molar-refractivity contribution in [1.29, 1.82) is 0 Å². The molecule has 0 aromatic heterocycles. The van der Waals surface area contributed by atoms with Gasteiger partial charge in [0.05, 0.1) is 11.7 Å². The fourth-order valence-electron chi connectivity index (χ4n) is 10.8. The van der Waals surface area contributed by atoms with E-state index in [0.717, 1.165) is 19.3 Å². The number of aliphatic hydroxyl groups excluding tert-OH is 1. The largest absolute Gasteiger partial charge is 0.412 e. The van der Waals surface area contributed by atoms with E-state index in [2.05, 4.69) is 87.1 Å². The van der Waals surface area contributed by atoms with E-state index in [1.165, 1.54) is 44.9 Å². The summed E-state index contributed by atoms with van der Waals surface area (Å²) in [6, 6.07) is 0. The first-order valence-corrected chi connectivity index (χ1v) is 16.8. The molecule has 0 aromatic rings. The second-order valence-electron chi connectivity index (χ2n) is 15.0. The molecule has 0 bridgehead atoms. The Hall–Kier alpha value is -0.900. The first-order chi connectivity index (χ1) is 19.1. The highest BCUT2D eigenvalue weighted by Crippen LogP contribution is 2.74. The summed E-state index contributed by atoms with van der Waals surface area (Å²) in [5.74, 6) is 4.97. The summed E-state index contributed by atoms with van der Waals surface area (Å²) in [7, 11) is 0. The quantitative estimate of drug-likeness (QED) is 0.148. The van der Waals surface area contributed by atoms with Crippen molar-refractivity contribution in [1.82, 2.24) is 0 Å². The van der Waals surface area contributed by atoms with Gasteiger partial charge in [0.1, 0.15) is 0 Å². The first kappa shape index (κ1) is 43.2. The van der Waals surface area contributed by atoms with Gasteiger partial charge in [-0.2, -0.15) is 0 Å². The molecule has 0 heterocycles. The second kappa shape index (κ2) is 16.4. The molecule has 3 saturated carbocycles. The topological polar surface area (TPSA) is 118 Å². The zero-order chi connectivity index (χ0) is 32.7. The van der Waals surface area contributed by atoms with Gasteiger partial charge in [-0.1, -0.05) is 101 Å². The minimum absolute atomic E-state index is 0. The number of hydrogen-bond acceptors (Lipinski definition) is 4. The Labute approximate surface area is 261 Å². The number of nitrogens with two attached hydrogens (primary N) is 1. The summed E-state index contributed by atoms with van der Waals surface area (Å²) in [6.45, 7) is 29.4. The molecule has 250 valence electrons. The van der Waals surface area contributed by atoms with Gasteiger partial charge in [0, 0.05) is 5.92 Å². The number of fused-ring (bicyclic) bond motifs is 5. The summed E-state index contributed by atoms with van der Waals surface area (Å²) < 4.78 is 0. The van der Waals surface area contributed by atoms with Crippen LogP contribution in [0.2, 0.25) is 0 Å². The second-order valence-corrected chi connectivity index (χ2v) is 15.0. The molecular formula is C37H73NO4. The molecule has 3 unspecified atom stereocenters. The zero-order valence-corrected chi connectivity index (χ0v) is 30.0. The van der Waals surface area contributed by atoms with Crippen LogP contribution in [0.15, 0.2) is 11.6 Å². The molecule has 8 atom stereocenters. The maximum absolute atomic E-state index is 11.6. The van der Waals surface area contributed by atoms with Crippen LogP contribution < -0.4 is 5.90 Å². The summed E-state index contributed by atoms with van der Waals surface area (Å²) in [6.07, 6.45) is 22.3. The lowest BCUT2D eigenvalue weighted by Gasteiger charge is -2.69. The fourth-order valence-corrected chi connectivity index (χ4v) is 10.8. The number of terminal acetylenes is 1. The van der Waals surface area contributed by atoms with Crippen molar-refractivity contribution < 1.29 is 20.9 Å². The molecule has 0 aromatic carbocycles. The van der Waals surface area contributed by atoms with E-state index in [1.807, 2.05) is 27.7 Å². The molecule has 0 spiro atoms. The normalized spacial score (nSPS) is 39.6. The molecule has 4 aliphatic carbocycles. The minimum atomic E-state index is -0.706. The van der Waals surface area contributed by atoms with Crippen LogP contribution in [0.3, 0.4) is 0 Å². The molecule has 3 fully saturated rings. The lowest BCUT2D eigenvalue weighted by molar-refractivity contribution is -0.197. The third kappa shape index (κ3) is 7.15. The van der Waals surface area contributed by atoms with E-state index >= 15 is 0 Å². The zero-order valence-electron chi connectivity index (χ0n) is 30.0. The maximum atomic E-state index is 11.6. The molecule has 4 rings (SSSR count). The van der Waals surface area contributed by atoms with Crippen molar-refractivity contribution in [2.45, 2.75) is 166 Å². The highest BCUT2D eigenvalue weighted by molar-refractivity contribution is 5.33. The maximum Gasteiger partial charge on any atom is 0.0662 e. The molecule has 0 amide bonds. The molecule has 0 radical (unpaired) electrons. The lowest BCUT2D eigenvalue weighted by atomic mass is 9.35. The molecule has 5 heteroatoms. The van der Waals surface area contributed by atoms with Gasteiger partial charge in [-0.3, -0.25) is 0 Å². The van der Waals surface area contributed by atoms with E-state index in [4.69, 9.17) is 5.21 Å². The third-order valence-electron chi connectivity index (χ3n) is 12.5.